The van der Waals surface area contributed by atoms with Gasteiger partial charge < -0.3 is 0 Å². The number of aliphatic imine (C=N–C) groups is 1. The number of halogens is 1. The van der Waals surface area contributed by atoms with Crippen LogP contribution in [0.15, 0.2) is 41.4 Å². The molecule has 0 spiro atoms. The lowest BCUT2D eigenvalue weighted by atomic mass is 10.0. The van der Waals surface area contributed by atoms with E-state index in [2.05, 4.69) is 17.1 Å². The average Bonchev–Trinajstić information content (AvgIpc) is 2.37. The van der Waals surface area contributed by atoms with Crippen LogP contribution >= 0.6 is 0 Å². The molecule has 0 aliphatic heterocycles. The van der Waals surface area contributed by atoms with E-state index in [9.17, 15) is 4.39 Å². The summed E-state index contributed by atoms with van der Waals surface area (Å²) in [5.74, 6) is -0.398. The molecule has 0 saturated carbocycles. The molecule has 0 saturated heterocycles. The van der Waals surface area contributed by atoms with Crippen molar-refractivity contribution in [2.45, 2.75) is 6.92 Å². The summed E-state index contributed by atoms with van der Waals surface area (Å²) in [7, 11) is 0. The minimum absolute atomic E-state index is 0.398. The van der Waals surface area contributed by atoms with Crippen molar-refractivity contribution < 1.29 is 4.39 Å². The third-order valence-corrected chi connectivity index (χ3v) is 2.39. The van der Waals surface area contributed by atoms with E-state index in [4.69, 9.17) is 0 Å². The second-order valence-electron chi connectivity index (χ2n) is 3.58. The van der Waals surface area contributed by atoms with Gasteiger partial charge in [0.05, 0.1) is 0 Å². The molecule has 0 N–H and O–H groups in total. The molecule has 0 aliphatic rings. The Kier molecular flexibility index (Phi) is 3.52. The average molecular weight is 225 g/mol. The number of hydrogen-bond donors (Lipinski definition) is 0. The highest BCUT2D eigenvalue weighted by Crippen LogP contribution is 2.22. The van der Waals surface area contributed by atoms with Gasteiger partial charge in [-0.1, -0.05) is 30.3 Å². The lowest BCUT2D eigenvalue weighted by Gasteiger charge is -2.04. The molecule has 0 atom stereocenters. The number of nitrogens with zero attached hydrogens (tertiary/aromatic N) is 1. The molecule has 2 heteroatoms. The van der Waals surface area contributed by atoms with Gasteiger partial charge in [0, 0.05) is 18.3 Å². The molecular formula is C15H12FN. The molecule has 0 heterocycles. The van der Waals surface area contributed by atoms with Crippen molar-refractivity contribution in [3.63, 3.8) is 0 Å². The predicted octanol–water partition coefficient (Wildman–Crippen LogP) is 3.53. The fourth-order valence-electron chi connectivity index (χ4n) is 1.61. The summed E-state index contributed by atoms with van der Waals surface area (Å²) in [5.41, 5.74) is 2.72. The van der Waals surface area contributed by atoms with Crippen molar-refractivity contribution in [2.75, 3.05) is 6.54 Å². The third-order valence-electron chi connectivity index (χ3n) is 2.39. The zero-order valence-corrected chi connectivity index (χ0v) is 9.57. The molecule has 84 valence electrons. The van der Waals surface area contributed by atoms with Crippen LogP contribution in [0, 0.1) is 17.9 Å². The molecule has 0 unspecified atom stereocenters. The molecular weight excluding hydrogens is 213 g/mol. The third kappa shape index (κ3) is 2.70. The fraction of sp³-hybridized carbons (Fsp3) is 0.133. The van der Waals surface area contributed by atoms with Crippen molar-refractivity contribution in [3.8, 4) is 11.1 Å². The maximum atomic E-state index is 13.1. The topological polar surface area (TPSA) is 12.4 Å². The Morgan fingerprint density at radius 2 is 2.18 bits per heavy atom. The van der Waals surface area contributed by atoms with Crippen molar-refractivity contribution in [1.29, 1.82) is 0 Å². The Labute approximate surface area is 101 Å². The van der Waals surface area contributed by atoms with E-state index in [1.54, 1.807) is 6.07 Å². The van der Waals surface area contributed by atoms with Crippen LogP contribution in [0.25, 0.3) is 11.1 Å². The Bertz CT molecular complexity index is 532. The van der Waals surface area contributed by atoms with E-state index in [1.165, 1.54) is 6.07 Å². The highest BCUT2D eigenvalue weighted by molar-refractivity contribution is 5.90. The van der Waals surface area contributed by atoms with Crippen molar-refractivity contribution in [3.05, 3.63) is 59.9 Å². The summed E-state index contributed by atoms with van der Waals surface area (Å²) in [6.45, 7) is 2.71. The quantitative estimate of drug-likeness (QED) is 0.708. The second-order valence-corrected chi connectivity index (χ2v) is 3.58. The first kappa shape index (κ1) is 11.3. The van der Waals surface area contributed by atoms with E-state index in [1.807, 2.05) is 37.4 Å². The summed E-state index contributed by atoms with van der Waals surface area (Å²) in [4.78, 5) is 4.21. The minimum atomic E-state index is -0.398. The standard InChI is InChI=1S/C15H12FN/c1-2-17-11-13-6-3-4-9-15(13)12-7-5-8-14(16)10-12/h3-4,6-7,9-11H,2H2,1H3. The van der Waals surface area contributed by atoms with Crippen LogP contribution in [-0.2, 0) is 0 Å². The molecule has 0 amide bonds. The van der Waals surface area contributed by atoms with E-state index in [0.717, 1.165) is 23.2 Å². The zero-order chi connectivity index (χ0) is 12.1. The zero-order valence-electron chi connectivity index (χ0n) is 9.57. The Hall–Kier alpha value is -2.14. The second kappa shape index (κ2) is 5.27. The van der Waals surface area contributed by atoms with Crippen molar-refractivity contribution in [2.24, 2.45) is 4.99 Å². The predicted molar refractivity (Wildman–Crippen MR) is 67.6 cm³/mol. The highest BCUT2D eigenvalue weighted by Gasteiger charge is 2.02. The number of rotatable bonds is 3. The first-order chi connectivity index (χ1) is 8.31. The highest BCUT2D eigenvalue weighted by atomic mass is 19.1. The SMILES string of the molecule is CCN=Cc1ccccc1-c1cc#cc(F)c1. The summed E-state index contributed by atoms with van der Waals surface area (Å²) in [6, 6.07) is 16.0. The van der Waals surface area contributed by atoms with Gasteiger partial charge in [-0.3, -0.25) is 4.99 Å². The molecule has 2 aromatic rings. The van der Waals surface area contributed by atoms with Gasteiger partial charge in [0.2, 0.25) is 0 Å². The summed E-state index contributed by atoms with van der Waals surface area (Å²) < 4.78 is 13.1. The van der Waals surface area contributed by atoms with Gasteiger partial charge in [-0.15, -0.1) is 0 Å². The fourth-order valence-corrected chi connectivity index (χ4v) is 1.61. The number of benzene rings is 1. The molecule has 0 radical (unpaired) electrons. The minimum Gasteiger partial charge on any atom is -0.293 e. The van der Waals surface area contributed by atoms with E-state index >= 15 is 0 Å². The molecule has 2 aromatic carbocycles. The van der Waals surface area contributed by atoms with Crippen molar-refractivity contribution >= 4 is 6.21 Å². The summed E-state index contributed by atoms with van der Waals surface area (Å²) in [5, 5.41) is 0. The molecule has 1 nitrogen and oxygen atoms in total. The largest absolute Gasteiger partial charge is 0.293 e. The van der Waals surface area contributed by atoms with Gasteiger partial charge in [-0.05, 0) is 36.2 Å². The normalized spacial score (nSPS) is 10.5. The smallest absolute Gasteiger partial charge is 0.174 e. The molecule has 0 fully saturated rings. The molecule has 0 aromatic heterocycles. The van der Waals surface area contributed by atoms with Gasteiger partial charge in [0.1, 0.15) is 0 Å². The van der Waals surface area contributed by atoms with Gasteiger partial charge in [0.15, 0.2) is 5.82 Å². The van der Waals surface area contributed by atoms with E-state index < -0.39 is 5.82 Å². The Morgan fingerprint density at radius 1 is 1.35 bits per heavy atom. The number of hydrogen-bond acceptors (Lipinski definition) is 1. The maximum absolute atomic E-state index is 13.1. The van der Waals surface area contributed by atoms with Crippen LogP contribution < -0.4 is 0 Å². The van der Waals surface area contributed by atoms with E-state index in [0.29, 0.717) is 0 Å². The van der Waals surface area contributed by atoms with Crippen LogP contribution in [0.1, 0.15) is 12.5 Å². The first-order valence-corrected chi connectivity index (χ1v) is 5.49. The van der Waals surface area contributed by atoms with Crippen LogP contribution in [0.4, 0.5) is 4.39 Å². The molecule has 2 rings (SSSR count). The molecule has 17 heavy (non-hydrogen) atoms. The summed E-state index contributed by atoms with van der Waals surface area (Å²) in [6.07, 6.45) is 1.81. The van der Waals surface area contributed by atoms with Gasteiger partial charge in [0.25, 0.3) is 0 Å². The van der Waals surface area contributed by atoms with Gasteiger partial charge >= 0.3 is 0 Å². The van der Waals surface area contributed by atoms with E-state index in [-0.39, 0.29) is 0 Å². The first-order valence-electron chi connectivity index (χ1n) is 5.49. The monoisotopic (exact) mass is 225 g/mol. The maximum Gasteiger partial charge on any atom is 0.174 e. The van der Waals surface area contributed by atoms with Gasteiger partial charge in [-0.2, -0.15) is 4.39 Å². The van der Waals surface area contributed by atoms with Crippen LogP contribution in [0.5, 0.6) is 0 Å². The van der Waals surface area contributed by atoms with Gasteiger partial charge in [-0.25, -0.2) is 0 Å². The van der Waals surface area contributed by atoms with Crippen LogP contribution in [-0.4, -0.2) is 12.8 Å². The van der Waals surface area contributed by atoms with Crippen LogP contribution in [0.3, 0.4) is 0 Å². The lowest BCUT2D eigenvalue weighted by Crippen LogP contribution is -1.88. The lowest BCUT2D eigenvalue weighted by molar-refractivity contribution is 0.629. The Morgan fingerprint density at radius 3 is 2.94 bits per heavy atom. The molecule has 0 aliphatic carbocycles. The van der Waals surface area contributed by atoms with Crippen molar-refractivity contribution in [1.82, 2.24) is 0 Å². The van der Waals surface area contributed by atoms with Crippen LogP contribution in [0.2, 0.25) is 0 Å². The Balaban J connectivity index is 2.48. The molecule has 0 bridgehead atoms. The summed E-state index contributed by atoms with van der Waals surface area (Å²) >= 11 is 0.